The standard InChI is InChI=1S/C14H17F2N3O2/c1-2-17-13-10(15)5-8(6-11(13)16)14(21)18-7-12(20)19-9-3-4-9/h5-6,9,17H,2-4,7H2,1H3,(H,18,21)(H,19,20). The Morgan fingerprint density at radius 2 is 1.86 bits per heavy atom. The zero-order chi connectivity index (χ0) is 15.4. The molecule has 1 aromatic rings. The third kappa shape index (κ3) is 4.14. The molecule has 1 aromatic carbocycles. The van der Waals surface area contributed by atoms with Crippen molar-refractivity contribution < 1.29 is 18.4 Å². The van der Waals surface area contributed by atoms with E-state index in [2.05, 4.69) is 16.0 Å². The van der Waals surface area contributed by atoms with E-state index < -0.39 is 17.5 Å². The lowest BCUT2D eigenvalue weighted by molar-refractivity contribution is -0.120. The van der Waals surface area contributed by atoms with Gasteiger partial charge < -0.3 is 16.0 Å². The Balaban J connectivity index is 1.96. The molecule has 114 valence electrons. The van der Waals surface area contributed by atoms with E-state index in [0.717, 1.165) is 25.0 Å². The summed E-state index contributed by atoms with van der Waals surface area (Å²) in [4.78, 5) is 23.2. The summed E-state index contributed by atoms with van der Waals surface area (Å²) in [6.07, 6.45) is 1.89. The third-order valence-corrected chi connectivity index (χ3v) is 3.01. The smallest absolute Gasteiger partial charge is 0.251 e. The third-order valence-electron chi connectivity index (χ3n) is 3.01. The number of nitrogens with one attached hydrogen (secondary N) is 3. The van der Waals surface area contributed by atoms with Gasteiger partial charge in [0.25, 0.3) is 5.91 Å². The Labute approximate surface area is 121 Å². The van der Waals surface area contributed by atoms with Crippen molar-refractivity contribution in [3.05, 3.63) is 29.3 Å². The second-order valence-electron chi connectivity index (χ2n) is 4.87. The summed E-state index contributed by atoms with van der Waals surface area (Å²) in [7, 11) is 0. The fourth-order valence-corrected chi connectivity index (χ4v) is 1.82. The maximum absolute atomic E-state index is 13.7. The quantitative estimate of drug-likeness (QED) is 0.743. The number of amides is 2. The van der Waals surface area contributed by atoms with Crippen molar-refractivity contribution in [1.29, 1.82) is 0 Å². The predicted octanol–water partition coefficient (Wildman–Crippen LogP) is 1.40. The van der Waals surface area contributed by atoms with Gasteiger partial charge in [-0.3, -0.25) is 9.59 Å². The molecule has 0 aliphatic heterocycles. The van der Waals surface area contributed by atoms with Crippen LogP contribution in [-0.4, -0.2) is 30.9 Å². The molecule has 0 unspecified atom stereocenters. The topological polar surface area (TPSA) is 70.2 Å². The van der Waals surface area contributed by atoms with Crippen LogP contribution in [0.3, 0.4) is 0 Å². The summed E-state index contributed by atoms with van der Waals surface area (Å²) in [5, 5.41) is 7.57. The molecule has 1 aliphatic carbocycles. The number of hydrogen-bond donors (Lipinski definition) is 3. The first kappa shape index (κ1) is 15.2. The minimum atomic E-state index is -0.843. The van der Waals surface area contributed by atoms with Gasteiger partial charge in [-0.25, -0.2) is 8.78 Å². The fourth-order valence-electron chi connectivity index (χ4n) is 1.82. The first-order chi connectivity index (χ1) is 10.0. The summed E-state index contributed by atoms with van der Waals surface area (Å²) in [6.45, 7) is 1.85. The Morgan fingerprint density at radius 1 is 1.24 bits per heavy atom. The Kier molecular flexibility index (Phi) is 4.72. The minimum absolute atomic E-state index is 0.161. The molecule has 0 aromatic heterocycles. The van der Waals surface area contributed by atoms with Gasteiger partial charge in [0, 0.05) is 18.2 Å². The lowest BCUT2D eigenvalue weighted by atomic mass is 10.1. The maximum Gasteiger partial charge on any atom is 0.251 e. The summed E-state index contributed by atoms with van der Waals surface area (Å²) < 4.78 is 27.4. The van der Waals surface area contributed by atoms with Crippen molar-refractivity contribution in [3.63, 3.8) is 0 Å². The summed E-state index contributed by atoms with van der Waals surface area (Å²) in [5.41, 5.74) is -0.425. The molecule has 2 amide bonds. The van der Waals surface area contributed by atoms with E-state index in [1.54, 1.807) is 6.92 Å². The molecule has 1 aliphatic rings. The van der Waals surface area contributed by atoms with Crippen molar-refractivity contribution in [1.82, 2.24) is 10.6 Å². The molecule has 1 fully saturated rings. The first-order valence-corrected chi connectivity index (χ1v) is 6.81. The van der Waals surface area contributed by atoms with Gasteiger partial charge in [-0.1, -0.05) is 0 Å². The van der Waals surface area contributed by atoms with Gasteiger partial charge >= 0.3 is 0 Å². The summed E-state index contributed by atoms with van der Waals surface area (Å²) in [5.74, 6) is -2.69. The average molecular weight is 297 g/mol. The molecule has 0 saturated heterocycles. The molecular formula is C14H17F2N3O2. The summed E-state index contributed by atoms with van der Waals surface area (Å²) in [6, 6.07) is 2.08. The first-order valence-electron chi connectivity index (χ1n) is 6.81. The SMILES string of the molecule is CCNc1c(F)cc(C(=O)NCC(=O)NC2CC2)cc1F. The molecule has 5 nitrogen and oxygen atoms in total. The Morgan fingerprint density at radius 3 is 2.38 bits per heavy atom. The number of hydrogen-bond acceptors (Lipinski definition) is 3. The van der Waals surface area contributed by atoms with Crippen LogP contribution in [0.1, 0.15) is 30.1 Å². The van der Waals surface area contributed by atoms with E-state index >= 15 is 0 Å². The molecule has 0 spiro atoms. The van der Waals surface area contributed by atoms with Crippen LogP contribution >= 0.6 is 0 Å². The van der Waals surface area contributed by atoms with Crippen molar-refractivity contribution in [2.24, 2.45) is 0 Å². The van der Waals surface area contributed by atoms with Crippen molar-refractivity contribution in [2.75, 3.05) is 18.4 Å². The van der Waals surface area contributed by atoms with Crippen LogP contribution in [0.4, 0.5) is 14.5 Å². The number of anilines is 1. The maximum atomic E-state index is 13.7. The zero-order valence-corrected chi connectivity index (χ0v) is 11.6. The number of halogens is 2. The van der Waals surface area contributed by atoms with Gasteiger partial charge in [-0.2, -0.15) is 0 Å². The molecule has 0 atom stereocenters. The van der Waals surface area contributed by atoms with Gasteiger partial charge in [-0.05, 0) is 31.9 Å². The van der Waals surface area contributed by atoms with Crippen molar-refractivity contribution in [2.45, 2.75) is 25.8 Å². The van der Waals surface area contributed by atoms with E-state index in [1.165, 1.54) is 0 Å². The molecule has 0 radical (unpaired) electrons. The highest BCUT2D eigenvalue weighted by Crippen LogP contribution is 2.20. The average Bonchev–Trinajstić information content (AvgIpc) is 3.23. The van der Waals surface area contributed by atoms with E-state index in [0.29, 0.717) is 6.54 Å². The molecule has 1 saturated carbocycles. The number of benzene rings is 1. The number of rotatable bonds is 6. The highest BCUT2D eigenvalue weighted by molar-refractivity contribution is 5.96. The van der Waals surface area contributed by atoms with Crippen molar-refractivity contribution >= 4 is 17.5 Å². The van der Waals surface area contributed by atoms with Crippen LogP contribution in [0.5, 0.6) is 0 Å². The highest BCUT2D eigenvalue weighted by Gasteiger charge is 2.23. The van der Waals surface area contributed by atoms with Crippen LogP contribution in [0.15, 0.2) is 12.1 Å². The van der Waals surface area contributed by atoms with E-state index in [1.807, 2.05) is 0 Å². The normalized spacial score (nSPS) is 13.7. The van der Waals surface area contributed by atoms with Crippen LogP contribution in [0.2, 0.25) is 0 Å². The molecule has 2 rings (SSSR count). The van der Waals surface area contributed by atoms with Crippen LogP contribution in [0.25, 0.3) is 0 Å². The Bertz CT molecular complexity index is 536. The molecule has 0 heterocycles. The van der Waals surface area contributed by atoms with Gasteiger partial charge in [0.05, 0.1) is 6.54 Å². The number of carbonyl (C=O) groups is 2. The van der Waals surface area contributed by atoms with E-state index in [-0.39, 0.29) is 29.7 Å². The second-order valence-corrected chi connectivity index (χ2v) is 4.87. The second kappa shape index (κ2) is 6.51. The molecule has 7 heteroatoms. The van der Waals surface area contributed by atoms with E-state index in [9.17, 15) is 18.4 Å². The van der Waals surface area contributed by atoms with Crippen LogP contribution < -0.4 is 16.0 Å². The van der Waals surface area contributed by atoms with E-state index in [4.69, 9.17) is 0 Å². The minimum Gasteiger partial charge on any atom is -0.381 e. The van der Waals surface area contributed by atoms with Crippen LogP contribution in [-0.2, 0) is 4.79 Å². The molecule has 0 bridgehead atoms. The van der Waals surface area contributed by atoms with Crippen LogP contribution in [0, 0.1) is 11.6 Å². The molecule has 3 N–H and O–H groups in total. The van der Waals surface area contributed by atoms with Gasteiger partial charge in [0.2, 0.25) is 5.91 Å². The van der Waals surface area contributed by atoms with Crippen molar-refractivity contribution in [3.8, 4) is 0 Å². The predicted molar refractivity (Wildman–Crippen MR) is 74.0 cm³/mol. The molecular weight excluding hydrogens is 280 g/mol. The Hall–Kier alpha value is -2.18. The summed E-state index contributed by atoms with van der Waals surface area (Å²) >= 11 is 0. The monoisotopic (exact) mass is 297 g/mol. The largest absolute Gasteiger partial charge is 0.381 e. The fraction of sp³-hybridized carbons (Fsp3) is 0.429. The lowest BCUT2D eigenvalue weighted by Crippen LogP contribution is -2.37. The van der Waals surface area contributed by atoms with Gasteiger partial charge in [-0.15, -0.1) is 0 Å². The molecule has 21 heavy (non-hydrogen) atoms. The lowest BCUT2D eigenvalue weighted by Gasteiger charge is -2.10. The highest BCUT2D eigenvalue weighted by atomic mass is 19.1. The number of carbonyl (C=O) groups excluding carboxylic acids is 2. The van der Waals surface area contributed by atoms with Gasteiger partial charge in [0.1, 0.15) is 17.3 Å². The zero-order valence-electron chi connectivity index (χ0n) is 11.6. The van der Waals surface area contributed by atoms with Gasteiger partial charge in [0.15, 0.2) is 0 Å².